The molecular formula is C21H22ClN3O2. The molecule has 0 atom stereocenters. The van der Waals surface area contributed by atoms with Crippen molar-refractivity contribution in [2.24, 2.45) is 0 Å². The summed E-state index contributed by atoms with van der Waals surface area (Å²) in [5.74, 6) is 1.10. The van der Waals surface area contributed by atoms with E-state index in [1.54, 1.807) is 16.8 Å². The first kappa shape index (κ1) is 19.0. The molecule has 2 aromatic carbocycles. The maximum atomic E-state index is 12.1. The van der Waals surface area contributed by atoms with Crippen LogP contribution in [0.15, 0.2) is 60.8 Å². The lowest BCUT2D eigenvalue weighted by molar-refractivity contribution is -0.116. The van der Waals surface area contributed by atoms with Crippen LogP contribution in [0.3, 0.4) is 0 Å². The largest absolute Gasteiger partial charge is 0.492 e. The number of halogens is 1. The normalized spacial score (nSPS) is 10.6. The van der Waals surface area contributed by atoms with Crippen molar-refractivity contribution in [2.75, 3.05) is 11.9 Å². The van der Waals surface area contributed by atoms with Gasteiger partial charge < -0.3 is 10.1 Å². The summed E-state index contributed by atoms with van der Waals surface area (Å²) in [6.07, 6.45) is 2.81. The van der Waals surface area contributed by atoms with Crippen LogP contribution in [0.1, 0.15) is 24.0 Å². The van der Waals surface area contributed by atoms with Crippen LogP contribution >= 0.6 is 11.6 Å². The summed E-state index contributed by atoms with van der Waals surface area (Å²) in [6.45, 7) is 3.16. The van der Waals surface area contributed by atoms with E-state index in [0.717, 1.165) is 0 Å². The van der Waals surface area contributed by atoms with Gasteiger partial charge in [0, 0.05) is 18.7 Å². The Bertz CT molecular complexity index is 890. The number of carbonyl (C=O) groups excluding carboxylic acids is 1. The van der Waals surface area contributed by atoms with Crippen molar-refractivity contribution in [2.45, 2.75) is 26.3 Å². The van der Waals surface area contributed by atoms with Crippen LogP contribution in [0, 0.1) is 6.92 Å². The minimum atomic E-state index is -0.0849. The molecule has 1 aromatic heterocycles. The predicted molar refractivity (Wildman–Crippen MR) is 107 cm³/mol. The molecule has 1 N–H and O–H groups in total. The Morgan fingerprint density at radius 3 is 2.70 bits per heavy atom. The lowest BCUT2D eigenvalue weighted by atomic mass is 10.1. The Kier molecular flexibility index (Phi) is 6.49. The minimum absolute atomic E-state index is 0.0849. The van der Waals surface area contributed by atoms with Crippen molar-refractivity contribution < 1.29 is 9.53 Å². The Morgan fingerprint density at radius 2 is 1.93 bits per heavy atom. The SMILES string of the molecule is Cc1ccc(Cn2ccc(NC(=O)CCCOc3ccccc3Cl)n2)cc1. The molecule has 0 unspecified atom stereocenters. The number of nitrogens with one attached hydrogen (secondary N) is 1. The van der Waals surface area contributed by atoms with Gasteiger partial charge in [-0.2, -0.15) is 5.10 Å². The van der Waals surface area contributed by atoms with Gasteiger partial charge in [0.05, 0.1) is 18.2 Å². The molecule has 0 saturated carbocycles. The van der Waals surface area contributed by atoms with Crippen LogP contribution in [0.25, 0.3) is 0 Å². The molecule has 140 valence electrons. The van der Waals surface area contributed by atoms with Gasteiger partial charge in [-0.05, 0) is 31.0 Å². The standard InChI is InChI=1S/C21H22ClN3O2/c1-16-8-10-17(11-9-16)15-25-13-12-20(24-25)23-21(26)7-4-14-27-19-6-3-2-5-18(19)22/h2-3,5-6,8-13H,4,7,14-15H2,1H3,(H,23,24,26). The van der Waals surface area contributed by atoms with Gasteiger partial charge in [-0.25, -0.2) is 0 Å². The van der Waals surface area contributed by atoms with Gasteiger partial charge in [-0.1, -0.05) is 53.6 Å². The first-order valence-corrected chi connectivity index (χ1v) is 9.24. The summed E-state index contributed by atoms with van der Waals surface area (Å²) in [5.41, 5.74) is 2.39. The van der Waals surface area contributed by atoms with Gasteiger partial charge in [0.1, 0.15) is 5.75 Å². The number of hydrogen-bond acceptors (Lipinski definition) is 3. The Balaban J connectivity index is 1.41. The van der Waals surface area contributed by atoms with Crippen molar-refractivity contribution in [3.8, 4) is 5.75 Å². The Hall–Kier alpha value is -2.79. The van der Waals surface area contributed by atoms with E-state index < -0.39 is 0 Å². The number of anilines is 1. The first-order chi connectivity index (χ1) is 13.1. The molecule has 0 spiro atoms. The minimum Gasteiger partial charge on any atom is -0.492 e. The van der Waals surface area contributed by atoms with E-state index in [1.807, 2.05) is 24.4 Å². The fourth-order valence-corrected chi connectivity index (χ4v) is 2.77. The number of nitrogens with zero attached hydrogens (tertiary/aromatic N) is 2. The topological polar surface area (TPSA) is 56.2 Å². The van der Waals surface area contributed by atoms with E-state index in [0.29, 0.717) is 42.6 Å². The fraction of sp³-hybridized carbons (Fsp3) is 0.238. The number of amides is 1. The van der Waals surface area contributed by atoms with E-state index in [-0.39, 0.29) is 5.91 Å². The van der Waals surface area contributed by atoms with Crippen LogP contribution in [0.2, 0.25) is 5.02 Å². The van der Waals surface area contributed by atoms with Crippen molar-refractivity contribution >= 4 is 23.3 Å². The van der Waals surface area contributed by atoms with E-state index in [4.69, 9.17) is 16.3 Å². The van der Waals surface area contributed by atoms with E-state index in [9.17, 15) is 4.79 Å². The number of aromatic nitrogens is 2. The Labute approximate surface area is 163 Å². The summed E-state index contributed by atoms with van der Waals surface area (Å²) < 4.78 is 7.39. The molecule has 0 radical (unpaired) electrons. The molecule has 0 bridgehead atoms. The second-order valence-electron chi connectivity index (χ2n) is 6.31. The van der Waals surface area contributed by atoms with E-state index in [2.05, 4.69) is 41.6 Å². The average molecular weight is 384 g/mol. The molecule has 0 fully saturated rings. The van der Waals surface area contributed by atoms with Crippen LogP contribution in [-0.2, 0) is 11.3 Å². The second-order valence-corrected chi connectivity index (χ2v) is 6.72. The summed E-state index contributed by atoms with van der Waals surface area (Å²) in [6, 6.07) is 17.4. The average Bonchev–Trinajstić information content (AvgIpc) is 3.09. The van der Waals surface area contributed by atoms with Crippen molar-refractivity contribution in [3.05, 3.63) is 76.9 Å². The maximum Gasteiger partial charge on any atom is 0.225 e. The number of carbonyl (C=O) groups is 1. The van der Waals surface area contributed by atoms with Crippen molar-refractivity contribution in [1.29, 1.82) is 0 Å². The summed E-state index contributed by atoms with van der Waals surface area (Å²) >= 11 is 6.03. The number of para-hydroxylation sites is 1. The zero-order chi connectivity index (χ0) is 19.1. The molecule has 5 nitrogen and oxygen atoms in total. The molecule has 0 aliphatic rings. The van der Waals surface area contributed by atoms with Crippen LogP contribution in [0.5, 0.6) is 5.75 Å². The lowest BCUT2D eigenvalue weighted by Crippen LogP contribution is -2.13. The molecule has 0 saturated heterocycles. The summed E-state index contributed by atoms with van der Waals surface area (Å²) in [4.78, 5) is 12.1. The van der Waals surface area contributed by atoms with E-state index in [1.165, 1.54) is 11.1 Å². The quantitative estimate of drug-likeness (QED) is 0.574. The Morgan fingerprint density at radius 1 is 1.15 bits per heavy atom. The van der Waals surface area contributed by atoms with Gasteiger partial charge in [0.15, 0.2) is 5.82 Å². The third-order valence-corrected chi connectivity index (χ3v) is 4.33. The highest BCUT2D eigenvalue weighted by Gasteiger charge is 2.06. The molecule has 6 heteroatoms. The van der Waals surface area contributed by atoms with Gasteiger partial charge in [-0.15, -0.1) is 0 Å². The highest BCUT2D eigenvalue weighted by Crippen LogP contribution is 2.23. The molecule has 27 heavy (non-hydrogen) atoms. The van der Waals surface area contributed by atoms with Gasteiger partial charge in [0.2, 0.25) is 5.91 Å². The molecule has 0 aliphatic heterocycles. The summed E-state index contributed by atoms with van der Waals surface area (Å²) in [7, 11) is 0. The molecule has 1 amide bonds. The molecule has 3 aromatic rings. The molecule has 0 aliphatic carbocycles. The summed E-state index contributed by atoms with van der Waals surface area (Å²) in [5, 5.41) is 7.78. The first-order valence-electron chi connectivity index (χ1n) is 8.86. The van der Waals surface area contributed by atoms with Gasteiger partial charge in [0.25, 0.3) is 0 Å². The number of ether oxygens (including phenoxy) is 1. The highest BCUT2D eigenvalue weighted by molar-refractivity contribution is 6.32. The smallest absolute Gasteiger partial charge is 0.225 e. The highest BCUT2D eigenvalue weighted by atomic mass is 35.5. The van der Waals surface area contributed by atoms with Gasteiger partial charge in [-0.3, -0.25) is 9.48 Å². The lowest BCUT2D eigenvalue weighted by Gasteiger charge is -2.07. The zero-order valence-electron chi connectivity index (χ0n) is 15.2. The molecule has 1 heterocycles. The van der Waals surface area contributed by atoms with Crippen molar-refractivity contribution in [1.82, 2.24) is 9.78 Å². The maximum absolute atomic E-state index is 12.1. The van der Waals surface area contributed by atoms with Crippen LogP contribution in [-0.4, -0.2) is 22.3 Å². The fourth-order valence-electron chi connectivity index (χ4n) is 2.58. The number of rotatable bonds is 8. The zero-order valence-corrected chi connectivity index (χ0v) is 15.9. The number of benzene rings is 2. The number of aryl methyl sites for hydroxylation is 1. The molecule has 3 rings (SSSR count). The molecular weight excluding hydrogens is 362 g/mol. The third kappa shape index (κ3) is 5.86. The van der Waals surface area contributed by atoms with Crippen molar-refractivity contribution in [3.63, 3.8) is 0 Å². The third-order valence-electron chi connectivity index (χ3n) is 4.02. The van der Waals surface area contributed by atoms with E-state index >= 15 is 0 Å². The predicted octanol–water partition coefficient (Wildman–Crippen LogP) is 4.69. The van der Waals surface area contributed by atoms with Gasteiger partial charge >= 0.3 is 0 Å². The monoisotopic (exact) mass is 383 g/mol. The van der Waals surface area contributed by atoms with Crippen LogP contribution in [0.4, 0.5) is 5.82 Å². The second kappa shape index (κ2) is 9.24. The number of hydrogen-bond donors (Lipinski definition) is 1. The van der Waals surface area contributed by atoms with Crippen LogP contribution < -0.4 is 10.1 Å².